The first-order chi connectivity index (χ1) is 14.9. The summed E-state index contributed by atoms with van der Waals surface area (Å²) in [7, 11) is -2.07. The van der Waals surface area contributed by atoms with Gasteiger partial charge in [-0.25, -0.2) is 8.42 Å². The SMILES string of the molecule is CCC(C)c1ccccc1OCC(=O)N1CCN(S(=O)(=O)c2ccc(OC)cc2)CC1. The number of hydrogen-bond acceptors (Lipinski definition) is 5. The molecule has 2 aromatic rings. The Morgan fingerprint density at radius 2 is 1.68 bits per heavy atom. The number of nitrogens with zero attached hydrogens (tertiary/aromatic N) is 2. The number of hydrogen-bond donors (Lipinski definition) is 0. The van der Waals surface area contributed by atoms with E-state index in [4.69, 9.17) is 9.47 Å². The highest BCUT2D eigenvalue weighted by Gasteiger charge is 2.30. The molecule has 31 heavy (non-hydrogen) atoms. The normalized spacial score (nSPS) is 16.0. The molecular weight excluding hydrogens is 416 g/mol. The van der Waals surface area contributed by atoms with Gasteiger partial charge < -0.3 is 14.4 Å². The molecule has 1 aliphatic heterocycles. The van der Waals surface area contributed by atoms with Crippen LogP contribution >= 0.6 is 0 Å². The van der Waals surface area contributed by atoms with E-state index in [9.17, 15) is 13.2 Å². The molecule has 0 bridgehead atoms. The van der Waals surface area contributed by atoms with Gasteiger partial charge in [0.15, 0.2) is 6.61 Å². The molecule has 0 saturated carbocycles. The van der Waals surface area contributed by atoms with Crippen LogP contribution in [-0.2, 0) is 14.8 Å². The molecule has 1 heterocycles. The summed E-state index contributed by atoms with van der Waals surface area (Å²) in [6, 6.07) is 14.1. The molecule has 1 fully saturated rings. The molecule has 3 rings (SSSR count). The molecular formula is C23H30N2O5S. The molecule has 8 heteroatoms. The maximum absolute atomic E-state index is 12.9. The predicted octanol–water partition coefficient (Wildman–Crippen LogP) is 3.12. The third-order valence-corrected chi connectivity index (χ3v) is 7.61. The van der Waals surface area contributed by atoms with Crippen molar-refractivity contribution in [2.24, 2.45) is 0 Å². The van der Waals surface area contributed by atoms with Crippen LogP contribution in [0.25, 0.3) is 0 Å². The minimum absolute atomic E-state index is 0.0569. The van der Waals surface area contributed by atoms with Crippen LogP contribution < -0.4 is 9.47 Å². The fourth-order valence-corrected chi connectivity index (χ4v) is 4.97. The van der Waals surface area contributed by atoms with Crippen molar-refractivity contribution in [2.45, 2.75) is 31.1 Å². The van der Waals surface area contributed by atoms with Crippen molar-refractivity contribution in [3.8, 4) is 11.5 Å². The fraction of sp³-hybridized carbons (Fsp3) is 0.435. The van der Waals surface area contributed by atoms with Crippen molar-refractivity contribution in [1.29, 1.82) is 0 Å². The highest BCUT2D eigenvalue weighted by atomic mass is 32.2. The Morgan fingerprint density at radius 1 is 1.03 bits per heavy atom. The molecule has 1 saturated heterocycles. The molecule has 1 atom stereocenters. The molecule has 0 aromatic heterocycles. The van der Waals surface area contributed by atoms with Crippen LogP contribution in [0.15, 0.2) is 53.4 Å². The number of benzene rings is 2. The van der Waals surface area contributed by atoms with Crippen LogP contribution in [0.3, 0.4) is 0 Å². The van der Waals surface area contributed by atoms with Crippen molar-refractivity contribution >= 4 is 15.9 Å². The van der Waals surface area contributed by atoms with E-state index >= 15 is 0 Å². The topological polar surface area (TPSA) is 76.2 Å². The molecule has 1 unspecified atom stereocenters. The molecule has 0 N–H and O–H groups in total. The van der Waals surface area contributed by atoms with Crippen LogP contribution in [0, 0.1) is 0 Å². The quantitative estimate of drug-likeness (QED) is 0.623. The molecule has 7 nitrogen and oxygen atoms in total. The Bertz CT molecular complexity index is 983. The summed E-state index contributed by atoms with van der Waals surface area (Å²) < 4.78 is 38.0. The van der Waals surface area contributed by atoms with Crippen molar-refractivity contribution in [3.05, 3.63) is 54.1 Å². The lowest BCUT2D eigenvalue weighted by atomic mass is 9.98. The summed E-state index contributed by atoms with van der Waals surface area (Å²) in [5.41, 5.74) is 1.09. The van der Waals surface area contributed by atoms with E-state index in [1.165, 1.54) is 23.5 Å². The second-order valence-corrected chi connectivity index (χ2v) is 9.53. The van der Waals surface area contributed by atoms with Crippen LogP contribution in [0.4, 0.5) is 0 Å². The largest absolute Gasteiger partial charge is 0.497 e. The number of piperazine rings is 1. The van der Waals surface area contributed by atoms with Gasteiger partial charge in [-0.15, -0.1) is 0 Å². The monoisotopic (exact) mass is 446 g/mol. The molecule has 0 aliphatic carbocycles. The molecule has 1 amide bonds. The summed E-state index contributed by atoms with van der Waals surface area (Å²) in [6.45, 7) is 5.37. The number of carbonyl (C=O) groups excluding carboxylic acids is 1. The minimum atomic E-state index is -3.60. The number of rotatable bonds is 8. The zero-order valence-electron chi connectivity index (χ0n) is 18.3. The standard InChI is InChI=1S/C23H30N2O5S/c1-4-18(2)21-7-5-6-8-22(21)30-17-23(26)24-13-15-25(16-14-24)31(27,28)20-11-9-19(29-3)10-12-20/h5-12,18H,4,13-17H2,1-3H3. The van der Waals surface area contributed by atoms with Crippen LogP contribution in [0.5, 0.6) is 11.5 Å². The summed E-state index contributed by atoms with van der Waals surface area (Å²) >= 11 is 0. The van der Waals surface area contributed by atoms with Crippen molar-refractivity contribution in [2.75, 3.05) is 39.9 Å². The number of sulfonamides is 1. The van der Waals surface area contributed by atoms with E-state index in [-0.39, 0.29) is 30.5 Å². The van der Waals surface area contributed by atoms with Gasteiger partial charge in [-0.05, 0) is 48.2 Å². The molecule has 168 valence electrons. The van der Waals surface area contributed by atoms with E-state index in [0.717, 1.165) is 17.7 Å². The number of para-hydroxylation sites is 1. The van der Waals surface area contributed by atoms with E-state index in [2.05, 4.69) is 13.8 Å². The maximum Gasteiger partial charge on any atom is 0.260 e. The number of ether oxygens (including phenoxy) is 2. The summed E-state index contributed by atoms with van der Waals surface area (Å²) in [5.74, 6) is 1.54. The van der Waals surface area contributed by atoms with E-state index in [1.54, 1.807) is 17.0 Å². The Labute approximate surface area is 184 Å². The Morgan fingerprint density at radius 3 is 2.29 bits per heavy atom. The first-order valence-electron chi connectivity index (χ1n) is 10.5. The minimum Gasteiger partial charge on any atom is -0.497 e. The average molecular weight is 447 g/mol. The van der Waals surface area contributed by atoms with Gasteiger partial charge in [-0.3, -0.25) is 4.79 Å². The van der Waals surface area contributed by atoms with Gasteiger partial charge in [-0.2, -0.15) is 4.31 Å². The van der Waals surface area contributed by atoms with E-state index in [1.807, 2.05) is 24.3 Å². The van der Waals surface area contributed by atoms with Gasteiger partial charge in [0.2, 0.25) is 10.0 Å². The van der Waals surface area contributed by atoms with Crippen LogP contribution in [0.2, 0.25) is 0 Å². The lowest BCUT2D eigenvalue weighted by molar-refractivity contribution is -0.134. The Kier molecular flexibility index (Phi) is 7.56. The lowest BCUT2D eigenvalue weighted by Crippen LogP contribution is -2.51. The first kappa shape index (κ1) is 23.1. The van der Waals surface area contributed by atoms with Gasteiger partial charge in [0, 0.05) is 26.2 Å². The number of carbonyl (C=O) groups is 1. The summed E-state index contributed by atoms with van der Waals surface area (Å²) in [4.78, 5) is 14.5. The maximum atomic E-state index is 12.9. The highest BCUT2D eigenvalue weighted by Crippen LogP contribution is 2.28. The van der Waals surface area contributed by atoms with E-state index < -0.39 is 10.0 Å². The predicted molar refractivity (Wildman–Crippen MR) is 119 cm³/mol. The van der Waals surface area contributed by atoms with Crippen LogP contribution in [0.1, 0.15) is 31.7 Å². The third-order valence-electron chi connectivity index (χ3n) is 5.70. The average Bonchev–Trinajstić information content (AvgIpc) is 2.82. The molecule has 0 spiro atoms. The summed E-state index contributed by atoms with van der Waals surface area (Å²) in [5, 5.41) is 0. The molecule has 0 radical (unpaired) electrons. The van der Waals surface area contributed by atoms with Crippen molar-refractivity contribution in [3.63, 3.8) is 0 Å². The summed E-state index contributed by atoms with van der Waals surface area (Å²) in [6.07, 6.45) is 0.985. The Hall–Kier alpha value is -2.58. The number of amides is 1. The Balaban J connectivity index is 1.56. The second-order valence-electron chi connectivity index (χ2n) is 7.60. The zero-order valence-corrected chi connectivity index (χ0v) is 19.1. The number of methoxy groups -OCH3 is 1. The highest BCUT2D eigenvalue weighted by molar-refractivity contribution is 7.89. The third kappa shape index (κ3) is 5.37. The van der Waals surface area contributed by atoms with Gasteiger partial charge in [0.1, 0.15) is 11.5 Å². The van der Waals surface area contributed by atoms with Crippen molar-refractivity contribution in [1.82, 2.24) is 9.21 Å². The zero-order chi connectivity index (χ0) is 22.4. The first-order valence-corrected chi connectivity index (χ1v) is 11.9. The lowest BCUT2D eigenvalue weighted by Gasteiger charge is -2.34. The van der Waals surface area contributed by atoms with Gasteiger partial charge >= 0.3 is 0 Å². The molecule has 2 aromatic carbocycles. The van der Waals surface area contributed by atoms with Gasteiger partial charge in [-0.1, -0.05) is 32.0 Å². The van der Waals surface area contributed by atoms with Crippen LogP contribution in [-0.4, -0.2) is 63.4 Å². The molecule has 1 aliphatic rings. The smallest absolute Gasteiger partial charge is 0.260 e. The fourth-order valence-electron chi connectivity index (χ4n) is 3.54. The van der Waals surface area contributed by atoms with E-state index in [0.29, 0.717) is 24.8 Å². The van der Waals surface area contributed by atoms with Crippen molar-refractivity contribution < 1.29 is 22.7 Å². The second kappa shape index (κ2) is 10.2. The van der Waals surface area contributed by atoms with Gasteiger partial charge in [0.25, 0.3) is 5.91 Å². The van der Waals surface area contributed by atoms with Gasteiger partial charge in [0.05, 0.1) is 12.0 Å².